The van der Waals surface area contributed by atoms with E-state index in [9.17, 15) is 24.5 Å². The first kappa shape index (κ1) is 26.7. The van der Waals surface area contributed by atoms with Gasteiger partial charge in [-0.1, -0.05) is 6.07 Å². The SMILES string of the molecule is CN(CCC(=N)N)C(=O)n1ccc(N(C)C(=O)n2ccc(N(C)C(=O)c3c[nH]c4cccc([N+](=O)[O-])c34)c2)c1. The van der Waals surface area contributed by atoms with Crippen molar-refractivity contribution in [3.05, 3.63) is 77.0 Å². The van der Waals surface area contributed by atoms with Crippen LogP contribution in [0.25, 0.3) is 10.9 Å². The molecule has 39 heavy (non-hydrogen) atoms. The van der Waals surface area contributed by atoms with E-state index in [1.165, 1.54) is 74.0 Å². The Balaban J connectivity index is 1.49. The van der Waals surface area contributed by atoms with Crippen molar-refractivity contribution in [1.82, 2.24) is 19.0 Å². The minimum atomic E-state index is -0.539. The number of nitro groups is 1. The van der Waals surface area contributed by atoms with Gasteiger partial charge < -0.3 is 20.5 Å². The van der Waals surface area contributed by atoms with Crippen LogP contribution in [0.4, 0.5) is 26.7 Å². The van der Waals surface area contributed by atoms with Gasteiger partial charge >= 0.3 is 12.1 Å². The van der Waals surface area contributed by atoms with Gasteiger partial charge in [0.1, 0.15) is 0 Å². The fourth-order valence-corrected chi connectivity index (χ4v) is 4.05. The summed E-state index contributed by atoms with van der Waals surface area (Å²) in [5, 5.41) is 19.0. The summed E-state index contributed by atoms with van der Waals surface area (Å²) in [4.78, 5) is 56.9. The van der Waals surface area contributed by atoms with Gasteiger partial charge in [0.2, 0.25) is 0 Å². The van der Waals surface area contributed by atoms with Crippen LogP contribution >= 0.6 is 0 Å². The first-order chi connectivity index (χ1) is 18.5. The molecule has 0 aliphatic carbocycles. The second-order valence-corrected chi connectivity index (χ2v) is 8.90. The molecule has 0 unspecified atom stereocenters. The van der Waals surface area contributed by atoms with Crippen LogP contribution in [-0.2, 0) is 0 Å². The normalized spacial score (nSPS) is 10.8. The topological polar surface area (TPSA) is 180 Å². The molecule has 0 saturated carbocycles. The van der Waals surface area contributed by atoms with Crippen molar-refractivity contribution in [1.29, 1.82) is 5.41 Å². The summed E-state index contributed by atoms with van der Waals surface area (Å²) in [5.74, 6) is -0.507. The molecular formula is C25H27N9O5. The van der Waals surface area contributed by atoms with Crippen LogP contribution in [0.15, 0.2) is 61.3 Å². The van der Waals surface area contributed by atoms with Crippen molar-refractivity contribution in [2.24, 2.45) is 5.73 Å². The lowest BCUT2D eigenvalue weighted by Crippen LogP contribution is -2.33. The molecule has 0 atom stereocenters. The number of hydrogen-bond donors (Lipinski definition) is 3. The molecule has 1 aromatic carbocycles. The van der Waals surface area contributed by atoms with E-state index >= 15 is 0 Å². The number of benzene rings is 1. The van der Waals surface area contributed by atoms with Gasteiger partial charge in [0.15, 0.2) is 0 Å². The van der Waals surface area contributed by atoms with E-state index in [1.54, 1.807) is 32.3 Å². The Morgan fingerprint density at radius 3 is 2.23 bits per heavy atom. The number of amidine groups is 1. The first-order valence-electron chi connectivity index (χ1n) is 11.7. The smallest absolute Gasteiger partial charge is 0.332 e. The van der Waals surface area contributed by atoms with E-state index < -0.39 is 16.9 Å². The summed E-state index contributed by atoms with van der Waals surface area (Å²) in [6, 6.07) is 6.92. The van der Waals surface area contributed by atoms with Gasteiger partial charge in [-0.3, -0.25) is 34.4 Å². The number of nitro benzene ring substituents is 1. The predicted octanol–water partition coefficient (Wildman–Crippen LogP) is 3.29. The molecule has 0 aliphatic rings. The molecular weight excluding hydrogens is 506 g/mol. The van der Waals surface area contributed by atoms with Gasteiger partial charge in [0.05, 0.1) is 38.6 Å². The van der Waals surface area contributed by atoms with Crippen LogP contribution in [0.1, 0.15) is 16.8 Å². The fraction of sp³-hybridized carbons (Fsp3) is 0.200. The molecule has 0 saturated heterocycles. The van der Waals surface area contributed by atoms with Gasteiger partial charge in [0.25, 0.3) is 11.6 Å². The minimum Gasteiger partial charge on any atom is -0.388 e. The number of fused-ring (bicyclic) bond motifs is 1. The van der Waals surface area contributed by atoms with Crippen LogP contribution in [0, 0.1) is 15.5 Å². The van der Waals surface area contributed by atoms with Gasteiger partial charge in [-0.25, -0.2) is 9.59 Å². The lowest BCUT2D eigenvalue weighted by molar-refractivity contribution is -0.383. The lowest BCUT2D eigenvalue weighted by atomic mass is 10.1. The number of nitrogens with two attached hydrogens (primary N) is 1. The standard InChI is InChI=1S/C25H27N9O5/c1-29(10-9-21(26)27)24(36)32-11-8-17(15-32)31(3)25(37)33-12-7-16(14-33)30(2)23(35)18-13-28-19-5-4-6-20(22(18)19)34(38)39/h4-8,11-15,28H,9-10H2,1-3H3,(H3,26,27). The molecule has 0 aliphatic heterocycles. The van der Waals surface area contributed by atoms with Crippen LogP contribution < -0.4 is 15.5 Å². The van der Waals surface area contributed by atoms with Gasteiger partial charge in [-0.2, -0.15) is 0 Å². The number of amides is 3. The van der Waals surface area contributed by atoms with Crippen LogP contribution in [0.2, 0.25) is 0 Å². The largest absolute Gasteiger partial charge is 0.388 e. The van der Waals surface area contributed by atoms with E-state index in [-0.39, 0.29) is 41.5 Å². The first-order valence-corrected chi connectivity index (χ1v) is 11.7. The fourth-order valence-electron chi connectivity index (χ4n) is 4.05. The molecule has 4 aromatic rings. The molecule has 202 valence electrons. The maximum atomic E-state index is 13.3. The zero-order chi connectivity index (χ0) is 28.4. The molecule has 0 fully saturated rings. The summed E-state index contributed by atoms with van der Waals surface area (Å²) in [6.07, 6.45) is 7.67. The van der Waals surface area contributed by atoms with Gasteiger partial charge in [-0.05, 0) is 18.2 Å². The number of rotatable bonds is 7. The summed E-state index contributed by atoms with van der Waals surface area (Å²) in [6.45, 7) is 0.279. The third-order valence-corrected chi connectivity index (χ3v) is 6.32. The quantitative estimate of drug-likeness (QED) is 0.142. The number of nitrogens with zero attached hydrogens (tertiary/aromatic N) is 6. The molecule has 0 spiro atoms. The number of aromatic nitrogens is 3. The van der Waals surface area contributed by atoms with Crippen molar-refractivity contribution >= 4 is 51.8 Å². The summed E-state index contributed by atoms with van der Waals surface area (Å²) in [7, 11) is 4.65. The summed E-state index contributed by atoms with van der Waals surface area (Å²) >= 11 is 0. The Hall–Kier alpha value is -5.40. The average molecular weight is 534 g/mol. The Morgan fingerprint density at radius 2 is 1.62 bits per heavy atom. The van der Waals surface area contributed by atoms with Crippen molar-refractivity contribution in [3.63, 3.8) is 0 Å². The monoisotopic (exact) mass is 533 g/mol. The van der Waals surface area contributed by atoms with Crippen molar-refractivity contribution in [2.75, 3.05) is 37.5 Å². The molecule has 3 aromatic heterocycles. The molecule has 4 N–H and O–H groups in total. The number of non-ortho nitro benzene ring substituents is 1. The number of carbonyl (C=O) groups is 3. The third kappa shape index (κ3) is 5.20. The number of carbonyl (C=O) groups excluding carboxylic acids is 3. The average Bonchev–Trinajstić information content (AvgIpc) is 3.68. The predicted molar refractivity (Wildman–Crippen MR) is 146 cm³/mol. The van der Waals surface area contributed by atoms with Crippen molar-refractivity contribution in [2.45, 2.75) is 6.42 Å². The number of nitrogens with one attached hydrogen (secondary N) is 2. The van der Waals surface area contributed by atoms with Crippen LogP contribution in [-0.4, -0.2) is 75.4 Å². The lowest BCUT2D eigenvalue weighted by Gasteiger charge is -2.18. The Labute approximate surface area is 222 Å². The number of aromatic amines is 1. The molecule has 3 amide bonds. The van der Waals surface area contributed by atoms with Crippen LogP contribution in [0.5, 0.6) is 0 Å². The van der Waals surface area contributed by atoms with Gasteiger partial charge in [0, 0.05) is 71.2 Å². The Kier molecular flexibility index (Phi) is 7.20. The molecule has 4 rings (SSSR count). The highest BCUT2D eigenvalue weighted by molar-refractivity contribution is 6.16. The zero-order valence-corrected chi connectivity index (χ0v) is 21.5. The summed E-state index contributed by atoms with van der Waals surface area (Å²) in [5.41, 5.74) is 6.63. The highest BCUT2D eigenvalue weighted by atomic mass is 16.6. The van der Waals surface area contributed by atoms with E-state index in [0.29, 0.717) is 16.9 Å². The zero-order valence-electron chi connectivity index (χ0n) is 21.5. The number of anilines is 2. The van der Waals surface area contributed by atoms with Crippen molar-refractivity contribution < 1.29 is 19.3 Å². The van der Waals surface area contributed by atoms with E-state index in [0.717, 1.165) is 0 Å². The second kappa shape index (κ2) is 10.5. The highest BCUT2D eigenvalue weighted by Crippen LogP contribution is 2.30. The Morgan fingerprint density at radius 1 is 1.00 bits per heavy atom. The second-order valence-electron chi connectivity index (χ2n) is 8.90. The molecule has 0 bridgehead atoms. The third-order valence-electron chi connectivity index (χ3n) is 6.32. The maximum absolute atomic E-state index is 13.3. The molecule has 0 radical (unpaired) electrons. The number of H-pyrrole nitrogens is 1. The highest BCUT2D eigenvalue weighted by Gasteiger charge is 2.25. The molecule has 3 heterocycles. The van der Waals surface area contributed by atoms with Crippen molar-refractivity contribution in [3.8, 4) is 0 Å². The molecule has 14 nitrogen and oxygen atoms in total. The maximum Gasteiger partial charge on any atom is 0.332 e. The van der Waals surface area contributed by atoms with E-state index in [2.05, 4.69) is 4.98 Å². The van der Waals surface area contributed by atoms with E-state index in [4.69, 9.17) is 11.1 Å². The van der Waals surface area contributed by atoms with E-state index in [1.807, 2.05) is 0 Å². The molecule has 14 heteroatoms. The summed E-state index contributed by atoms with van der Waals surface area (Å²) < 4.78 is 2.61. The van der Waals surface area contributed by atoms with Crippen LogP contribution in [0.3, 0.4) is 0 Å². The Bertz CT molecular complexity index is 1600. The minimum absolute atomic E-state index is 0.0191. The van der Waals surface area contributed by atoms with Gasteiger partial charge in [-0.15, -0.1) is 0 Å². The number of hydrogen-bond acceptors (Lipinski definition) is 6.